The highest BCUT2D eigenvalue weighted by Crippen LogP contribution is 2.27. The summed E-state index contributed by atoms with van der Waals surface area (Å²) < 4.78 is 4.71. The zero-order valence-corrected chi connectivity index (χ0v) is 23.5. The number of ketones is 1. The summed E-state index contributed by atoms with van der Waals surface area (Å²) in [5, 5.41) is 6.89. The van der Waals surface area contributed by atoms with E-state index in [2.05, 4.69) is 38.1 Å². The third-order valence-corrected chi connectivity index (χ3v) is 8.05. The second kappa shape index (κ2) is 11.6. The lowest BCUT2D eigenvalue weighted by Crippen LogP contribution is -2.41. The Balaban J connectivity index is 1.27. The molecular formula is C30H32BrN5O3. The van der Waals surface area contributed by atoms with E-state index in [9.17, 15) is 14.4 Å². The molecule has 1 aliphatic rings. The second-order valence-corrected chi connectivity index (χ2v) is 11.1. The maximum Gasteiger partial charge on any atom is 0.253 e. The molecule has 9 heteroatoms. The highest BCUT2D eigenvalue weighted by atomic mass is 79.9. The molecule has 1 saturated carbocycles. The minimum atomic E-state index is -0.200. The fraction of sp³-hybridized carbons (Fsp3) is 0.333. The molecule has 1 aliphatic carbocycles. The van der Waals surface area contributed by atoms with Gasteiger partial charge in [0.25, 0.3) is 5.91 Å². The Labute approximate surface area is 235 Å². The van der Waals surface area contributed by atoms with Crippen LogP contribution in [0.4, 0.5) is 0 Å². The summed E-state index contributed by atoms with van der Waals surface area (Å²) in [6.45, 7) is 4.11. The van der Waals surface area contributed by atoms with Crippen molar-refractivity contribution in [2.75, 3.05) is 6.54 Å². The number of nitrogens with one attached hydrogen (secondary N) is 2. The van der Waals surface area contributed by atoms with Gasteiger partial charge in [-0.1, -0.05) is 41.1 Å². The van der Waals surface area contributed by atoms with Crippen LogP contribution in [-0.2, 0) is 29.6 Å². The molecule has 0 bridgehead atoms. The predicted molar refractivity (Wildman–Crippen MR) is 155 cm³/mol. The third-order valence-electron chi connectivity index (χ3n) is 7.56. The second-order valence-electron chi connectivity index (χ2n) is 10.1. The van der Waals surface area contributed by atoms with Gasteiger partial charge >= 0.3 is 0 Å². The number of aromatic nitrogens is 3. The van der Waals surface area contributed by atoms with Crippen molar-refractivity contribution in [3.8, 4) is 0 Å². The molecule has 0 saturated heterocycles. The van der Waals surface area contributed by atoms with Gasteiger partial charge in [-0.3, -0.25) is 14.4 Å². The average Bonchev–Trinajstić information content (AvgIpc) is 3.45. The van der Waals surface area contributed by atoms with Crippen LogP contribution < -0.4 is 10.6 Å². The van der Waals surface area contributed by atoms with E-state index < -0.39 is 0 Å². The third kappa shape index (κ3) is 5.83. The van der Waals surface area contributed by atoms with E-state index in [0.29, 0.717) is 24.9 Å². The van der Waals surface area contributed by atoms with Crippen LogP contribution in [-0.4, -0.2) is 44.3 Å². The van der Waals surface area contributed by atoms with Gasteiger partial charge in [0.15, 0.2) is 5.78 Å². The molecule has 2 amide bonds. The number of nitrogens with zero attached hydrogens (tertiary/aromatic N) is 3. The molecule has 2 N–H and O–H groups in total. The van der Waals surface area contributed by atoms with Crippen LogP contribution in [0.25, 0.3) is 21.9 Å². The minimum Gasteiger partial charge on any atom is -0.352 e. The molecule has 0 spiro atoms. The number of benzene rings is 2. The molecule has 8 nitrogen and oxygen atoms in total. The largest absolute Gasteiger partial charge is 0.352 e. The van der Waals surface area contributed by atoms with Crippen LogP contribution in [0.1, 0.15) is 41.9 Å². The standard InChI is InChI=1S/C30H32BrN5O3/c1-3-27(37)19-7-6-8-21(15-19)33-29(38)18-36-17-23(22-16-20(31)11-12-25(22)36)30(39)32-14-13-28-34-24-9-4-5-10-26(24)35(28)2/h3-5,9-12,16-17,19,21H,1,6-8,13-15,18H2,2H3,(H,32,39)(H,33,38)/t19-,21?/m0/s1. The van der Waals surface area contributed by atoms with Gasteiger partial charge < -0.3 is 19.8 Å². The first-order valence-corrected chi connectivity index (χ1v) is 14.1. The molecule has 202 valence electrons. The lowest BCUT2D eigenvalue weighted by Gasteiger charge is -2.28. The first-order valence-electron chi connectivity index (χ1n) is 13.3. The van der Waals surface area contributed by atoms with Crippen molar-refractivity contribution in [2.45, 2.75) is 44.7 Å². The van der Waals surface area contributed by atoms with Crippen molar-refractivity contribution >= 4 is 55.5 Å². The Morgan fingerprint density at radius 3 is 2.77 bits per heavy atom. The zero-order chi connectivity index (χ0) is 27.5. The Morgan fingerprint density at radius 2 is 1.97 bits per heavy atom. The fourth-order valence-electron chi connectivity index (χ4n) is 5.56. The van der Waals surface area contributed by atoms with Crippen molar-refractivity contribution in [3.63, 3.8) is 0 Å². The molecule has 2 aromatic heterocycles. The van der Waals surface area contributed by atoms with E-state index in [4.69, 9.17) is 0 Å². The van der Waals surface area contributed by atoms with Gasteiger partial charge in [-0.25, -0.2) is 4.98 Å². The molecule has 0 radical (unpaired) electrons. The van der Waals surface area contributed by atoms with Crippen LogP contribution in [0.3, 0.4) is 0 Å². The predicted octanol–water partition coefficient (Wildman–Crippen LogP) is 4.69. The monoisotopic (exact) mass is 589 g/mol. The fourth-order valence-corrected chi connectivity index (χ4v) is 5.92. The number of allylic oxidation sites excluding steroid dienone is 1. The van der Waals surface area contributed by atoms with E-state index >= 15 is 0 Å². The maximum atomic E-state index is 13.3. The lowest BCUT2D eigenvalue weighted by molar-refractivity contribution is -0.124. The summed E-state index contributed by atoms with van der Waals surface area (Å²) in [4.78, 5) is 43.0. The Bertz CT molecular complexity index is 1570. The number of fused-ring (bicyclic) bond motifs is 2. The van der Waals surface area contributed by atoms with Gasteiger partial charge in [-0.15, -0.1) is 0 Å². The number of carbonyl (C=O) groups is 3. The number of halogens is 1. The van der Waals surface area contributed by atoms with Gasteiger partial charge in [0.05, 0.1) is 16.6 Å². The number of carbonyl (C=O) groups excluding carboxylic acids is 3. The van der Waals surface area contributed by atoms with Crippen LogP contribution in [0, 0.1) is 5.92 Å². The maximum absolute atomic E-state index is 13.3. The van der Waals surface area contributed by atoms with Gasteiger partial charge in [-0.2, -0.15) is 0 Å². The van der Waals surface area contributed by atoms with Crippen LogP contribution in [0.2, 0.25) is 0 Å². The molecule has 2 heterocycles. The van der Waals surface area contributed by atoms with Gasteiger partial charge in [-0.05, 0) is 55.7 Å². The van der Waals surface area contributed by atoms with Gasteiger partial charge in [0, 0.05) is 53.5 Å². The molecule has 5 rings (SSSR count). The first-order chi connectivity index (χ1) is 18.8. The van der Waals surface area contributed by atoms with Gasteiger partial charge in [0.2, 0.25) is 5.91 Å². The quantitative estimate of drug-likeness (QED) is 0.277. The Morgan fingerprint density at radius 1 is 1.15 bits per heavy atom. The summed E-state index contributed by atoms with van der Waals surface area (Å²) in [6.07, 6.45) is 6.94. The molecule has 2 aromatic carbocycles. The van der Waals surface area contributed by atoms with Crippen LogP contribution in [0.15, 0.2) is 65.8 Å². The first kappa shape index (κ1) is 26.9. The van der Waals surface area contributed by atoms with E-state index in [1.807, 2.05) is 58.6 Å². The number of aryl methyl sites for hydroxylation is 1. The molecule has 4 aromatic rings. The SMILES string of the molecule is C=CC(=O)[C@H]1CCCC(NC(=O)Cn2cc(C(=O)NCCc3nc4ccccc4n3C)c3cc(Br)ccc32)C1. The molecule has 39 heavy (non-hydrogen) atoms. The van der Waals surface area contributed by atoms with Crippen molar-refractivity contribution in [1.82, 2.24) is 24.8 Å². The van der Waals surface area contributed by atoms with Crippen molar-refractivity contribution < 1.29 is 14.4 Å². The molecular weight excluding hydrogens is 558 g/mol. The smallest absolute Gasteiger partial charge is 0.253 e. The van der Waals surface area contributed by atoms with Crippen molar-refractivity contribution in [2.24, 2.45) is 13.0 Å². The van der Waals surface area contributed by atoms with Crippen LogP contribution in [0.5, 0.6) is 0 Å². The topological polar surface area (TPSA) is 98.0 Å². The van der Waals surface area contributed by atoms with Crippen LogP contribution >= 0.6 is 15.9 Å². The van der Waals surface area contributed by atoms with Crippen molar-refractivity contribution in [1.29, 1.82) is 0 Å². The Hall–Kier alpha value is -3.72. The number of hydrogen-bond acceptors (Lipinski definition) is 4. The zero-order valence-electron chi connectivity index (χ0n) is 22.0. The summed E-state index contributed by atoms with van der Waals surface area (Å²) in [5.74, 6) is 0.529. The average molecular weight is 591 g/mol. The number of hydrogen-bond donors (Lipinski definition) is 2. The number of para-hydroxylation sites is 2. The van der Waals surface area contributed by atoms with E-state index in [1.165, 1.54) is 6.08 Å². The molecule has 1 fully saturated rings. The molecule has 0 aliphatic heterocycles. The van der Waals surface area contributed by atoms with E-state index in [0.717, 1.165) is 51.5 Å². The summed E-state index contributed by atoms with van der Waals surface area (Å²) >= 11 is 3.51. The normalized spacial score (nSPS) is 17.3. The Kier molecular flexibility index (Phi) is 7.97. The number of imidazole rings is 1. The molecule has 2 atom stereocenters. The number of rotatable bonds is 9. The molecule has 1 unspecified atom stereocenters. The highest BCUT2D eigenvalue weighted by molar-refractivity contribution is 9.10. The lowest BCUT2D eigenvalue weighted by atomic mass is 9.83. The van der Waals surface area contributed by atoms with E-state index in [-0.39, 0.29) is 36.1 Å². The van der Waals surface area contributed by atoms with E-state index in [1.54, 1.807) is 6.20 Å². The minimum absolute atomic E-state index is 0.0401. The van der Waals surface area contributed by atoms with Crippen molar-refractivity contribution in [3.05, 3.63) is 77.2 Å². The van der Waals surface area contributed by atoms with Gasteiger partial charge in [0.1, 0.15) is 12.4 Å². The summed E-state index contributed by atoms with van der Waals surface area (Å²) in [6, 6.07) is 13.6. The summed E-state index contributed by atoms with van der Waals surface area (Å²) in [5.41, 5.74) is 3.31. The highest BCUT2D eigenvalue weighted by Gasteiger charge is 2.27. The summed E-state index contributed by atoms with van der Waals surface area (Å²) in [7, 11) is 1.98. The number of amides is 2.